The molecule has 2 rings (SSSR count). The van der Waals surface area contributed by atoms with Crippen LogP contribution in [0.2, 0.25) is 0 Å². The highest BCUT2D eigenvalue weighted by Gasteiger charge is 2.28. The molecule has 2 heterocycles. The highest BCUT2D eigenvalue weighted by atomic mass is 16.4. The van der Waals surface area contributed by atoms with Gasteiger partial charge in [-0.05, 0) is 44.6 Å². The van der Waals surface area contributed by atoms with E-state index in [4.69, 9.17) is 5.11 Å². The summed E-state index contributed by atoms with van der Waals surface area (Å²) in [5.74, 6) is -0.0581. The SMILES string of the molecule is O=C(O)CCC1CCCN(C2CCCNC(=O)C2)C1. The van der Waals surface area contributed by atoms with E-state index < -0.39 is 5.97 Å². The van der Waals surface area contributed by atoms with E-state index in [1.165, 1.54) is 0 Å². The van der Waals surface area contributed by atoms with Gasteiger partial charge in [-0.15, -0.1) is 0 Å². The van der Waals surface area contributed by atoms with Crippen molar-refractivity contribution in [1.29, 1.82) is 0 Å². The number of amides is 1. The van der Waals surface area contributed by atoms with Crippen LogP contribution in [0.3, 0.4) is 0 Å². The number of hydrogen-bond acceptors (Lipinski definition) is 3. The molecule has 2 aliphatic heterocycles. The molecule has 0 radical (unpaired) electrons. The largest absolute Gasteiger partial charge is 0.481 e. The minimum Gasteiger partial charge on any atom is -0.481 e. The highest BCUT2D eigenvalue weighted by molar-refractivity contribution is 5.76. The third-order valence-electron chi connectivity index (χ3n) is 4.29. The van der Waals surface area contributed by atoms with Gasteiger partial charge in [-0.1, -0.05) is 0 Å². The molecule has 19 heavy (non-hydrogen) atoms. The summed E-state index contributed by atoms with van der Waals surface area (Å²) in [6.45, 7) is 2.82. The predicted octanol–water partition coefficient (Wildman–Crippen LogP) is 1.23. The van der Waals surface area contributed by atoms with Gasteiger partial charge in [-0.2, -0.15) is 0 Å². The van der Waals surface area contributed by atoms with Crippen molar-refractivity contribution in [2.24, 2.45) is 5.92 Å². The van der Waals surface area contributed by atoms with E-state index in [1.54, 1.807) is 0 Å². The van der Waals surface area contributed by atoms with E-state index in [2.05, 4.69) is 10.2 Å². The zero-order valence-electron chi connectivity index (χ0n) is 11.4. The minimum atomic E-state index is -0.703. The molecular weight excluding hydrogens is 244 g/mol. The Bertz CT molecular complexity index is 333. The maximum absolute atomic E-state index is 11.6. The lowest BCUT2D eigenvalue weighted by atomic mass is 9.91. The molecule has 0 aliphatic carbocycles. The molecule has 2 aliphatic rings. The van der Waals surface area contributed by atoms with Crippen molar-refractivity contribution in [3.05, 3.63) is 0 Å². The van der Waals surface area contributed by atoms with Crippen LogP contribution in [0.4, 0.5) is 0 Å². The first-order valence-electron chi connectivity index (χ1n) is 7.37. The van der Waals surface area contributed by atoms with Crippen LogP contribution in [-0.2, 0) is 9.59 Å². The number of nitrogens with one attached hydrogen (secondary N) is 1. The fourth-order valence-electron chi connectivity index (χ4n) is 3.26. The van der Waals surface area contributed by atoms with Gasteiger partial charge in [0.25, 0.3) is 0 Å². The summed E-state index contributed by atoms with van der Waals surface area (Å²) in [5.41, 5.74) is 0. The molecule has 0 spiro atoms. The number of carbonyl (C=O) groups is 2. The minimum absolute atomic E-state index is 0.162. The van der Waals surface area contributed by atoms with Crippen molar-refractivity contribution in [2.45, 2.75) is 51.0 Å². The summed E-state index contributed by atoms with van der Waals surface area (Å²) in [6, 6.07) is 0.357. The Kier molecular flexibility index (Phi) is 5.19. The Hall–Kier alpha value is -1.10. The Morgan fingerprint density at radius 2 is 2.21 bits per heavy atom. The molecule has 2 fully saturated rings. The van der Waals surface area contributed by atoms with Crippen LogP contribution in [0.5, 0.6) is 0 Å². The van der Waals surface area contributed by atoms with Gasteiger partial charge in [0.1, 0.15) is 0 Å². The van der Waals surface area contributed by atoms with Crippen molar-refractivity contribution in [2.75, 3.05) is 19.6 Å². The summed E-state index contributed by atoms with van der Waals surface area (Å²) >= 11 is 0. The van der Waals surface area contributed by atoms with Crippen LogP contribution in [-0.4, -0.2) is 47.6 Å². The first-order chi connectivity index (χ1) is 9.15. The Balaban J connectivity index is 1.85. The molecule has 108 valence electrons. The quantitative estimate of drug-likeness (QED) is 0.804. The second-order valence-electron chi connectivity index (χ2n) is 5.79. The van der Waals surface area contributed by atoms with Gasteiger partial charge >= 0.3 is 5.97 Å². The zero-order chi connectivity index (χ0) is 13.7. The summed E-state index contributed by atoms with van der Waals surface area (Å²) in [4.78, 5) is 24.7. The fraction of sp³-hybridized carbons (Fsp3) is 0.857. The highest BCUT2D eigenvalue weighted by Crippen LogP contribution is 2.25. The maximum atomic E-state index is 11.6. The molecule has 0 bridgehead atoms. The van der Waals surface area contributed by atoms with Gasteiger partial charge < -0.3 is 10.4 Å². The van der Waals surface area contributed by atoms with E-state index in [1.807, 2.05) is 0 Å². The van der Waals surface area contributed by atoms with Crippen LogP contribution in [0.15, 0.2) is 0 Å². The molecule has 1 amide bonds. The lowest BCUT2D eigenvalue weighted by Crippen LogP contribution is -2.43. The number of rotatable bonds is 4. The van der Waals surface area contributed by atoms with Crippen LogP contribution in [0.1, 0.15) is 44.9 Å². The van der Waals surface area contributed by atoms with Gasteiger partial charge in [0.15, 0.2) is 0 Å². The molecule has 2 saturated heterocycles. The summed E-state index contributed by atoms with van der Waals surface area (Å²) in [5, 5.41) is 11.7. The number of hydrogen-bond donors (Lipinski definition) is 2. The van der Waals surface area contributed by atoms with Gasteiger partial charge in [0, 0.05) is 32.0 Å². The number of nitrogens with zero attached hydrogens (tertiary/aromatic N) is 1. The summed E-state index contributed by atoms with van der Waals surface area (Å²) in [6.07, 6.45) is 6.02. The van der Waals surface area contributed by atoms with Crippen LogP contribution < -0.4 is 5.32 Å². The van der Waals surface area contributed by atoms with Crippen LogP contribution in [0, 0.1) is 5.92 Å². The molecule has 2 atom stereocenters. The zero-order valence-corrected chi connectivity index (χ0v) is 11.4. The number of likely N-dealkylation sites (tertiary alicyclic amines) is 1. The van der Waals surface area contributed by atoms with E-state index in [0.717, 1.165) is 51.7 Å². The molecule has 0 aromatic heterocycles. The number of carbonyl (C=O) groups excluding carboxylic acids is 1. The van der Waals surface area contributed by atoms with Crippen LogP contribution in [0.25, 0.3) is 0 Å². The molecular formula is C14H24N2O3. The lowest BCUT2D eigenvalue weighted by molar-refractivity contribution is -0.137. The second kappa shape index (κ2) is 6.89. The average molecular weight is 268 g/mol. The molecule has 0 aromatic rings. The van der Waals surface area contributed by atoms with Gasteiger partial charge in [0.05, 0.1) is 0 Å². The van der Waals surface area contributed by atoms with E-state index in [-0.39, 0.29) is 12.3 Å². The number of carboxylic acid groups (broad SMARTS) is 1. The maximum Gasteiger partial charge on any atom is 0.303 e. The smallest absolute Gasteiger partial charge is 0.303 e. The number of aliphatic carboxylic acids is 1. The van der Waals surface area contributed by atoms with E-state index in [0.29, 0.717) is 18.4 Å². The third-order valence-corrected chi connectivity index (χ3v) is 4.29. The Morgan fingerprint density at radius 3 is 3.00 bits per heavy atom. The molecule has 0 saturated carbocycles. The van der Waals surface area contributed by atoms with E-state index >= 15 is 0 Å². The standard InChI is InChI=1S/C14H24N2O3/c17-13-9-12(4-1-7-15-13)16-8-2-3-11(10-16)5-6-14(18)19/h11-12H,1-10H2,(H,15,17)(H,18,19). The molecule has 2 unspecified atom stereocenters. The molecule has 5 heteroatoms. The van der Waals surface area contributed by atoms with E-state index in [9.17, 15) is 9.59 Å². The van der Waals surface area contributed by atoms with Gasteiger partial charge in [-0.3, -0.25) is 14.5 Å². The van der Waals surface area contributed by atoms with Crippen molar-refractivity contribution in [1.82, 2.24) is 10.2 Å². The number of piperidine rings is 1. The third kappa shape index (κ3) is 4.49. The van der Waals surface area contributed by atoms with Gasteiger partial charge in [-0.25, -0.2) is 0 Å². The first kappa shape index (κ1) is 14.3. The topological polar surface area (TPSA) is 69.6 Å². The summed E-state index contributed by atoms with van der Waals surface area (Å²) < 4.78 is 0. The lowest BCUT2D eigenvalue weighted by Gasteiger charge is -2.37. The first-order valence-corrected chi connectivity index (χ1v) is 7.37. The molecule has 0 aromatic carbocycles. The Labute approximate surface area is 114 Å². The normalized spacial score (nSPS) is 29.6. The average Bonchev–Trinajstić information content (AvgIpc) is 2.61. The van der Waals surface area contributed by atoms with Crippen molar-refractivity contribution in [3.63, 3.8) is 0 Å². The molecule has 2 N–H and O–H groups in total. The Morgan fingerprint density at radius 1 is 1.37 bits per heavy atom. The fourth-order valence-corrected chi connectivity index (χ4v) is 3.26. The van der Waals surface area contributed by atoms with Crippen molar-refractivity contribution in [3.8, 4) is 0 Å². The molecule has 5 nitrogen and oxygen atoms in total. The number of carboxylic acids is 1. The van der Waals surface area contributed by atoms with Crippen molar-refractivity contribution < 1.29 is 14.7 Å². The summed E-state index contributed by atoms with van der Waals surface area (Å²) in [7, 11) is 0. The monoisotopic (exact) mass is 268 g/mol. The second-order valence-corrected chi connectivity index (χ2v) is 5.79. The van der Waals surface area contributed by atoms with Gasteiger partial charge in [0.2, 0.25) is 5.91 Å². The van der Waals surface area contributed by atoms with Crippen molar-refractivity contribution >= 4 is 11.9 Å². The predicted molar refractivity (Wildman–Crippen MR) is 71.8 cm³/mol. The van der Waals surface area contributed by atoms with Crippen LogP contribution >= 0.6 is 0 Å².